The van der Waals surface area contributed by atoms with Gasteiger partial charge in [0.25, 0.3) is 0 Å². The monoisotopic (exact) mass is 189 g/mol. The molecule has 0 radical (unpaired) electrons. The van der Waals surface area contributed by atoms with Gasteiger partial charge in [-0.3, -0.25) is 4.90 Å². The molecule has 0 amide bonds. The molecule has 0 aliphatic carbocycles. The van der Waals surface area contributed by atoms with Crippen molar-refractivity contribution in [2.75, 3.05) is 19.0 Å². The van der Waals surface area contributed by atoms with Crippen LogP contribution < -0.4 is 0 Å². The second-order valence-corrected chi connectivity index (χ2v) is 3.66. The zero-order chi connectivity index (χ0) is 8.81. The van der Waals surface area contributed by atoms with Crippen molar-refractivity contribution in [1.29, 1.82) is 0 Å². The molecule has 70 valence electrons. The number of halogens is 1. The summed E-state index contributed by atoms with van der Waals surface area (Å²) in [5.41, 5.74) is 0. The fourth-order valence-electron chi connectivity index (χ4n) is 1.71. The fraction of sp³-hybridized carbons (Fsp3) is 0.889. The van der Waals surface area contributed by atoms with Crippen LogP contribution in [0.25, 0.3) is 0 Å². The maximum absolute atomic E-state index is 10.7. The van der Waals surface area contributed by atoms with Gasteiger partial charge in [-0.05, 0) is 32.4 Å². The van der Waals surface area contributed by atoms with Crippen LogP contribution in [0.1, 0.15) is 25.7 Å². The van der Waals surface area contributed by atoms with Crippen LogP contribution in [0.15, 0.2) is 0 Å². The summed E-state index contributed by atoms with van der Waals surface area (Å²) in [6, 6.07) is 0.168. The number of likely N-dealkylation sites (tertiary alicyclic amines) is 1. The van der Waals surface area contributed by atoms with Gasteiger partial charge in [0, 0.05) is 5.88 Å². The number of piperidine rings is 1. The van der Waals surface area contributed by atoms with E-state index in [9.17, 15) is 4.79 Å². The number of hydrogen-bond donors (Lipinski definition) is 0. The van der Waals surface area contributed by atoms with Crippen molar-refractivity contribution in [2.45, 2.75) is 31.7 Å². The summed E-state index contributed by atoms with van der Waals surface area (Å²) in [4.78, 5) is 12.9. The Labute approximate surface area is 78.9 Å². The highest BCUT2D eigenvalue weighted by Crippen LogP contribution is 2.15. The van der Waals surface area contributed by atoms with E-state index < -0.39 is 0 Å². The Morgan fingerprint density at radius 2 is 2.33 bits per heavy atom. The van der Waals surface area contributed by atoms with Crippen LogP contribution >= 0.6 is 11.6 Å². The molecular weight excluding hydrogens is 174 g/mol. The number of alkyl halides is 1. The number of nitrogens with zero attached hydrogens (tertiary/aromatic N) is 1. The zero-order valence-electron chi connectivity index (χ0n) is 7.34. The van der Waals surface area contributed by atoms with Crippen molar-refractivity contribution in [3.8, 4) is 0 Å². The number of carbonyl (C=O) groups is 1. The lowest BCUT2D eigenvalue weighted by atomic mass is 10.0. The van der Waals surface area contributed by atoms with Gasteiger partial charge in [0.1, 0.15) is 6.29 Å². The quantitative estimate of drug-likeness (QED) is 0.496. The highest BCUT2D eigenvalue weighted by molar-refractivity contribution is 6.17. The fourth-order valence-corrected chi connectivity index (χ4v) is 1.83. The van der Waals surface area contributed by atoms with Crippen LogP contribution in [0, 0.1) is 0 Å². The van der Waals surface area contributed by atoms with Crippen molar-refractivity contribution >= 4 is 17.9 Å². The van der Waals surface area contributed by atoms with E-state index in [1.807, 2.05) is 0 Å². The maximum Gasteiger partial charge on any atom is 0.137 e. The van der Waals surface area contributed by atoms with E-state index in [0.29, 0.717) is 5.88 Å². The predicted molar refractivity (Wildman–Crippen MR) is 50.6 cm³/mol. The largest absolute Gasteiger partial charge is 0.302 e. The summed E-state index contributed by atoms with van der Waals surface area (Å²) in [6.45, 7) is 2.05. The van der Waals surface area contributed by atoms with E-state index in [1.165, 1.54) is 12.8 Å². The van der Waals surface area contributed by atoms with Crippen LogP contribution in [0.4, 0.5) is 0 Å². The normalized spacial score (nSPS) is 25.6. The Kier molecular flexibility index (Phi) is 4.62. The molecule has 0 N–H and O–H groups in total. The molecular formula is C9H16ClNO. The van der Waals surface area contributed by atoms with Gasteiger partial charge >= 0.3 is 0 Å². The van der Waals surface area contributed by atoms with Gasteiger partial charge in [0.15, 0.2) is 0 Å². The predicted octanol–water partition coefficient (Wildman–Crippen LogP) is 1.67. The van der Waals surface area contributed by atoms with Crippen molar-refractivity contribution in [3.63, 3.8) is 0 Å². The first-order valence-electron chi connectivity index (χ1n) is 4.64. The summed E-state index contributed by atoms with van der Waals surface area (Å²) in [5.74, 6) is 0.697. The molecule has 1 rings (SSSR count). The van der Waals surface area contributed by atoms with E-state index in [2.05, 4.69) is 4.90 Å². The van der Waals surface area contributed by atoms with Gasteiger partial charge in [0.05, 0.1) is 6.04 Å². The lowest BCUT2D eigenvalue weighted by Gasteiger charge is -2.31. The number of carbonyl (C=O) groups excluding carboxylic acids is 1. The third-order valence-electron chi connectivity index (χ3n) is 2.40. The first kappa shape index (κ1) is 10.0. The summed E-state index contributed by atoms with van der Waals surface area (Å²) in [7, 11) is 0. The van der Waals surface area contributed by atoms with Crippen LogP contribution in [-0.4, -0.2) is 36.2 Å². The van der Waals surface area contributed by atoms with Crippen molar-refractivity contribution in [3.05, 3.63) is 0 Å². The molecule has 2 nitrogen and oxygen atoms in total. The second-order valence-electron chi connectivity index (χ2n) is 3.28. The topological polar surface area (TPSA) is 20.3 Å². The van der Waals surface area contributed by atoms with Crippen molar-refractivity contribution in [2.24, 2.45) is 0 Å². The second kappa shape index (κ2) is 5.55. The molecule has 1 fully saturated rings. The Morgan fingerprint density at radius 1 is 1.50 bits per heavy atom. The summed E-state index contributed by atoms with van der Waals surface area (Å²) in [5, 5.41) is 0. The van der Waals surface area contributed by atoms with Crippen molar-refractivity contribution in [1.82, 2.24) is 4.90 Å². The minimum absolute atomic E-state index is 0.168. The first-order chi connectivity index (χ1) is 5.88. The minimum Gasteiger partial charge on any atom is -0.302 e. The van der Waals surface area contributed by atoms with Gasteiger partial charge in [-0.2, -0.15) is 0 Å². The molecule has 0 aromatic rings. The summed E-state index contributed by atoms with van der Waals surface area (Å²) >= 11 is 5.60. The van der Waals surface area contributed by atoms with Gasteiger partial charge in [0.2, 0.25) is 0 Å². The van der Waals surface area contributed by atoms with E-state index in [1.54, 1.807) is 0 Å². The maximum atomic E-state index is 10.7. The minimum atomic E-state index is 0.168. The van der Waals surface area contributed by atoms with Crippen LogP contribution in [0.5, 0.6) is 0 Å². The SMILES string of the molecule is O=CC1CCCCN1CCCCl. The average molecular weight is 190 g/mol. The molecule has 3 heteroatoms. The van der Waals surface area contributed by atoms with E-state index >= 15 is 0 Å². The van der Waals surface area contributed by atoms with Gasteiger partial charge in [-0.1, -0.05) is 6.42 Å². The molecule has 0 aromatic heterocycles. The van der Waals surface area contributed by atoms with Crippen LogP contribution in [0.2, 0.25) is 0 Å². The Hall–Kier alpha value is -0.0800. The summed E-state index contributed by atoms with van der Waals surface area (Å²) in [6.07, 6.45) is 5.53. The molecule has 1 atom stereocenters. The molecule has 0 spiro atoms. The molecule has 0 bridgehead atoms. The molecule has 1 aliphatic rings. The molecule has 1 aliphatic heterocycles. The smallest absolute Gasteiger partial charge is 0.137 e. The Bertz CT molecular complexity index is 140. The van der Waals surface area contributed by atoms with E-state index in [-0.39, 0.29) is 6.04 Å². The zero-order valence-corrected chi connectivity index (χ0v) is 8.09. The number of hydrogen-bond acceptors (Lipinski definition) is 2. The molecule has 1 heterocycles. The molecule has 0 saturated carbocycles. The van der Waals surface area contributed by atoms with Crippen LogP contribution in [0.3, 0.4) is 0 Å². The lowest BCUT2D eigenvalue weighted by molar-refractivity contribution is -0.113. The lowest BCUT2D eigenvalue weighted by Crippen LogP contribution is -2.41. The highest BCUT2D eigenvalue weighted by atomic mass is 35.5. The molecule has 0 aromatic carbocycles. The molecule has 1 saturated heterocycles. The van der Waals surface area contributed by atoms with Gasteiger partial charge < -0.3 is 4.79 Å². The van der Waals surface area contributed by atoms with Crippen molar-refractivity contribution < 1.29 is 4.79 Å². The first-order valence-corrected chi connectivity index (χ1v) is 5.17. The Balaban J connectivity index is 2.31. The average Bonchev–Trinajstić information content (AvgIpc) is 2.15. The summed E-state index contributed by atoms with van der Waals surface area (Å²) < 4.78 is 0. The third-order valence-corrected chi connectivity index (χ3v) is 2.67. The third kappa shape index (κ3) is 2.76. The van der Waals surface area contributed by atoms with E-state index in [0.717, 1.165) is 32.2 Å². The van der Waals surface area contributed by atoms with Crippen LogP contribution in [-0.2, 0) is 4.79 Å². The van der Waals surface area contributed by atoms with Gasteiger partial charge in [-0.25, -0.2) is 0 Å². The van der Waals surface area contributed by atoms with E-state index in [4.69, 9.17) is 11.6 Å². The highest BCUT2D eigenvalue weighted by Gasteiger charge is 2.20. The number of aldehydes is 1. The molecule has 1 unspecified atom stereocenters. The molecule has 12 heavy (non-hydrogen) atoms. The number of rotatable bonds is 4. The Morgan fingerprint density at radius 3 is 3.00 bits per heavy atom. The van der Waals surface area contributed by atoms with Gasteiger partial charge in [-0.15, -0.1) is 11.6 Å². The standard InChI is InChI=1S/C9H16ClNO/c10-5-3-7-11-6-2-1-4-9(11)8-12/h8-9H,1-7H2.